The van der Waals surface area contributed by atoms with E-state index in [0.29, 0.717) is 0 Å². The Hall–Kier alpha value is 0.310. The molecule has 0 aliphatic carbocycles. The molecule has 2 aliphatic heterocycles. The molecule has 2 atom stereocenters. The monoisotopic (exact) mass is 258 g/mol. The molecular weight excluding hydrogens is 231 g/mol. The van der Waals surface area contributed by atoms with E-state index in [1.807, 2.05) is 0 Å². The molecule has 2 heterocycles. The van der Waals surface area contributed by atoms with Crippen molar-refractivity contribution in [3.8, 4) is 0 Å². The molecule has 2 rings (SSSR count). The number of ether oxygens (including phenoxy) is 1. The molecule has 0 radical (unpaired) electrons. The minimum absolute atomic E-state index is 0.0449. The van der Waals surface area contributed by atoms with E-state index < -0.39 is 0 Å². The van der Waals surface area contributed by atoms with Gasteiger partial charge in [-0.2, -0.15) is 0 Å². The third-order valence-electron chi connectivity index (χ3n) is 3.78. The zero-order chi connectivity index (χ0) is 12.3. The van der Waals surface area contributed by atoms with Crippen LogP contribution < -0.4 is 0 Å². The molecule has 3 nitrogen and oxygen atoms in total. The normalized spacial score (nSPS) is 31.6. The van der Waals surface area contributed by atoms with Crippen molar-refractivity contribution >= 4 is 9.24 Å². The van der Waals surface area contributed by atoms with Crippen molar-refractivity contribution in [2.45, 2.75) is 37.9 Å². The Morgan fingerprint density at radius 2 is 2.00 bits per heavy atom. The topological polar surface area (TPSA) is 15.7 Å². The molecule has 0 aromatic heterocycles. The molecule has 2 fully saturated rings. The fourth-order valence-electron chi connectivity index (χ4n) is 2.88. The smallest absolute Gasteiger partial charge is 0.0753 e. The predicted molar refractivity (Wildman–Crippen MR) is 75.6 cm³/mol. The van der Waals surface area contributed by atoms with E-state index >= 15 is 0 Å². The molecule has 1 unspecified atom stereocenters. The Balaban J connectivity index is 1.70. The molecule has 0 aromatic carbocycles. The van der Waals surface area contributed by atoms with Crippen molar-refractivity contribution < 1.29 is 4.74 Å². The molecule has 4 heteroatoms. The quantitative estimate of drug-likeness (QED) is 0.712. The van der Waals surface area contributed by atoms with Crippen molar-refractivity contribution in [3.63, 3.8) is 0 Å². The van der Waals surface area contributed by atoms with Gasteiger partial charge in [0.15, 0.2) is 0 Å². The van der Waals surface area contributed by atoms with Crippen LogP contribution in [0, 0.1) is 0 Å². The van der Waals surface area contributed by atoms with Crippen LogP contribution in [0.3, 0.4) is 0 Å². The summed E-state index contributed by atoms with van der Waals surface area (Å²) in [5, 5.41) is 0. The minimum atomic E-state index is 0.0449. The summed E-state index contributed by atoms with van der Waals surface area (Å²) < 4.78 is 5.75. The van der Waals surface area contributed by atoms with Crippen LogP contribution in [-0.2, 0) is 4.74 Å². The Labute approximate surface area is 108 Å². The Kier molecular flexibility index (Phi) is 4.82. The van der Waals surface area contributed by atoms with E-state index in [0.717, 1.165) is 25.4 Å². The highest BCUT2D eigenvalue weighted by atomic mass is 31.0. The lowest BCUT2D eigenvalue weighted by Crippen LogP contribution is -2.50. The van der Waals surface area contributed by atoms with E-state index in [2.05, 4.69) is 32.9 Å². The van der Waals surface area contributed by atoms with Crippen LogP contribution in [0.4, 0.5) is 0 Å². The first-order chi connectivity index (χ1) is 8.05. The lowest BCUT2D eigenvalue weighted by atomic mass is 10.1. The van der Waals surface area contributed by atoms with Crippen LogP contribution in [0.25, 0.3) is 0 Å². The van der Waals surface area contributed by atoms with Gasteiger partial charge in [-0.1, -0.05) is 0 Å². The average Bonchev–Trinajstić information content (AvgIpc) is 2.25. The minimum Gasteiger partial charge on any atom is -0.373 e. The van der Waals surface area contributed by atoms with Crippen LogP contribution in [0.2, 0.25) is 0 Å². The number of morpholine rings is 1. The van der Waals surface area contributed by atoms with E-state index in [-0.39, 0.29) is 5.60 Å². The van der Waals surface area contributed by atoms with Crippen LogP contribution in [0.15, 0.2) is 0 Å². The molecule has 100 valence electrons. The SMILES string of the molecule is CC1(C)CN(CCN2CCC[C@H](P)C2)CCO1. The maximum absolute atomic E-state index is 5.75. The molecule has 0 amide bonds. The number of likely N-dealkylation sites (tertiary alicyclic amines) is 1. The highest BCUT2D eigenvalue weighted by molar-refractivity contribution is 7.17. The van der Waals surface area contributed by atoms with Gasteiger partial charge in [0.1, 0.15) is 0 Å². The first kappa shape index (κ1) is 13.7. The third kappa shape index (κ3) is 4.48. The first-order valence-electron chi connectivity index (χ1n) is 6.89. The molecule has 0 aromatic rings. The van der Waals surface area contributed by atoms with Gasteiger partial charge in [-0.3, -0.25) is 4.90 Å². The summed E-state index contributed by atoms with van der Waals surface area (Å²) in [6, 6.07) is 0. The summed E-state index contributed by atoms with van der Waals surface area (Å²) in [5.41, 5.74) is 0.855. The second-order valence-corrected chi connectivity index (χ2v) is 7.03. The summed E-state index contributed by atoms with van der Waals surface area (Å²) in [6.07, 6.45) is 2.74. The first-order valence-corrected chi connectivity index (χ1v) is 7.56. The van der Waals surface area contributed by atoms with Gasteiger partial charge in [0.25, 0.3) is 0 Å². The van der Waals surface area contributed by atoms with Crippen molar-refractivity contribution in [3.05, 3.63) is 0 Å². The summed E-state index contributed by atoms with van der Waals surface area (Å²) in [6.45, 7) is 12.4. The molecule has 0 N–H and O–H groups in total. The Bertz CT molecular complexity index is 248. The molecule has 0 bridgehead atoms. The van der Waals surface area contributed by atoms with Crippen LogP contribution >= 0.6 is 9.24 Å². The summed E-state index contributed by atoms with van der Waals surface area (Å²) in [7, 11) is 2.98. The molecular formula is C13H27N2OP. The van der Waals surface area contributed by atoms with Gasteiger partial charge >= 0.3 is 0 Å². The number of rotatable bonds is 3. The largest absolute Gasteiger partial charge is 0.373 e. The van der Waals surface area contributed by atoms with Crippen molar-refractivity contribution in [2.75, 3.05) is 45.9 Å². The lowest BCUT2D eigenvalue weighted by Gasteiger charge is -2.39. The van der Waals surface area contributed by atoms with Gasteiger partial charge in [0.2, 0.25) is 0 Å². The number of hydrogen-bond acceptors (Lipinski definition) is 3. The van der Waals surface area contributed by atoms with Crippen molar-refractivity contribution in [1.29, 1.82) is 0 Å². The lowest BCUT2D eigenvalue weighted by molar-refractivity contribution is -0.0871. The van der Waals surface area contributed by atoms with Gasteiger partial charge in [-0.25, -0.2) is 0 Å². The zero-order valence-corrected chi connectivity index (χ0v) is 12.5. The maximum Gasteiger partial charge on any atom is 0.0753 e. The summed E-state index contributed by atoms with van der Waals surface area (Å²) in [5.74, 6) is 0. The van der Waals surface area contributed by atoms with Crippen LogP contribution in [-0.4, -0.2) is 66.9 Å². The fourth-order valence-corrected chi connectivity index (χ4v) is 3.42. The van der Waals surface area contributed by atoms with Gasteiger partial charge in [-0.05, 0) is 38.9 Å². The van der Waals surface area contributed by atoms with E-state index in [1.165, 1.54) is 39.0 Å². The van der Waals surface area contributed by atoms with Crippen molar-refractivity contribution in [1.82, 2.24) is 9.80 Å². The van der Waals surface area contributed by atoms with E-state index in [9.17, 15) is 0 Å². The van der Waals surface area contributed by atoms with Crippen LogP contribution in [0.1, 0.15) is 26.7 Å². The fraction of sp³-hybridized carbons (Fsp3) is 1.00. The summed E-state index contributed by atoms with van der Waals surface area (Å²) in [4.78, 5) is 5.17. The predicted octanol–water partition coefficient (Wildman–Crippen LogP) is 1.44. The standard InChI is InChI=1S/C13H27N2OP/c1-13(2)11-15(8-9-16-13)7-6-14-5-3-4-12(17)10-14/h12H,3-11,17H2,1-2H3/t12-/m0/s1. The zero-order valence-electron chi connectivity index (χ0n) is 11.3. The number of nitrogens with zero attached hydrogens (tertiary/aromatic N) is 2. The molecule has 2 saturated heterocycles. The van der Waals surface area contributed by atoms with Gasteiger partial charge in [0, 0.05) is 32.7 Å². The number of hydrogen-bond donors (Lipinski definition) is 0. The average molecular weight is 258 g/mol. The molecule has 17 heavy (non-hydrogen) atoms. The maximum atomic E-state index is 5.75. The van der Waals surface area contributed by atoms with Gasteiger partial charge in [-0.15, -0.1) is 9.24 Å². The molecule has 0 saturated carbocycles. The second kappa shape index (κ2) is 5.97. The van der Waals surface area contributed by atoms with Gasteiger partial charge < -0.3 is 9.64 Å². The van der Waals surface area contributed by atoms with E-state index in [1.54, 1.807) is 0 Å². The Morgan fingerprint density at radius 1 is 1.24 bits per heavy atom. The highest BCUT2D eigenvalue weighted by Crippen LogP contribution is 2.18. The van der Waals surface area contributed by atoms with Gasteiger partial charge in [0.05, 0.1) is 12.2 Å². The number of piperidine rings is 1. The summed E-state index contributed by atoms with van der Waals surface area (Å²) >= 11 is 0. The molecule has 0 spiro atoms. The molecule has 2 aliphatic rings. The third-order valence-corrected chi connectivity index (χ3v) is 4.32. The Morgan fingerprint density at radius 3 is 2.71 bits per heavy atom. The highest BCUT2D eigenvalue weighted by Gasteiger charge is 2.27. The van der Waals surface area contributed by atoms with Crippen molar-refractivity contribution in [2.24, 2.45) is 0 Å². The second-order valence-electron chi connectivity index (χ2n) is 6.09. The van der Waals surface area contributed by atoms with Crippen LogP contribution in [0.5, 0.6) is 0 Å². The van der Waals surface area contributed by atoms with E-state index in [4.69, 9.17) is 4.74 Å².